The van der Waals surface area contributed by atoms with E-state index in [2.05, 4.69) is 10.0 Å². The van der Waals surface area contributed by atoms with Gasteiger partial charge in [-0.3, -0.25) is 4.79 Å². The molecule has 0 fully saturated rings. The number of amides is 1. The molecule has 2 N–H and O–H groups in total. The molecule has 144 valence electrons. The molecule has 2 aromatic carbocycles. The van der Waals surface area contributed by atoms with Crippen LogP contribution in [0.3, 0.4) is 0 Å². The fourth-order valence-electron chi connectivity index (χ4n) is 2.50. The third-order valence-electron chi connectivity index (χ3n) is 3.92. The van der Waals surface area contributed by atoms with Crippen LogP contribution in [-0.4, -0.2) is 39.6 Å². The molecule has 0 spiro atoms. The number of rotatable bonds is 6. The molecule has 1 amide bonds. The van der Waals surface area contributed by atoms with E-state index in [4.69, 9.17) is 21.1 Å². The molecular formula is C18H19ClN2O5S. The molecular weight excluding hydrogens is 392 g/mol. The SMILES string of the molecule is C[C@@H](NS(=O)(=O)c1ccc(Cl)cc1)C(=O)NC[C@H]1COc2ccccc2O1. The molecule has 27 heavy (non-hydrogen) atoms. The summed E-state index contributed by atoms with van der Waals surface area (Å²) in [5, 5.41) is 3.10. The van der Waals surface area contributed by atoms with Gasteiger partial charge in [0.15, 0.2) is 11.5 Å². The first-order valence-electron chi connectivity index (χ1n) is 8.29. The maximum atomic E-state index is 12.3. The highest BCUT2D eigenvalue weighted by Gasteiger charge is 2.25. The zero-order valence-corrected chi connectivity index (χ0v) is 16.1. The highest BCUT2D eigenvalue weighted by Crippen LogP contribution is 2.30. The quantitative estimate of drug-likeness (QED) is 0.759. The third-order valence-corrected chi connectivity index (χ3v) is 5.73. The summed E-state index contributed by atoms with van der Waals surface area (Å²) in [7, 11) is -3.83. The molecule has 7 nitrogen and oxygen atoms in total. The fraction of sp³-hybridized carbons (Fsp3) is 0.278. The number of sulfonamides is 1. The monoisotopic (exact) mass is 410 g/mol. The Kier molecular flexibility index (Phi) is 5.88. The van der Waals surface area contributed by atoms with Gasteiger partial charge in [-0.05, 0) is 43.3 Å². The van der Waals surface area contributed by atoms with E-state index >= 15 is 0 Å². The van der Waals surface area contributed by atoms with Crippen molar-refractivity contribution in [3.8, 4) is 11.5 Å². The number of halogens is 1. The van der Waals surface area contributed by atoms with Gasteiger partial charge < -0.3 is 14.8 Å². The molecule has 0 radical (unpaired) electrons. The summed E-state index contributed by atoms with van der Waals surface area (Å²) >= 11 is 5.76. The van der Waals surface area contributed by atoms with Crippen molar-refractivity contribution in [2.45, 2.75) is 24.0 Å². The van der Waals surface area contributed by atoms with E-state index in [0.717, 1.165) is 0 Å². The van der Waals surface area contributed by atoms with Crippen molar-refractivity contribution in [1.29, 1.82) is 0 Å². The highest BCUT2D eigenvalue weighted by atomic mass is 35.5. The molecule has 0 aromatic heterocycles. The summed E-state index contributed by atoms with van der Waals surface area (Å²) in [5.74, 6) is 0.804. The normalized spacial score (nSPS) is 17.2. The smallest absolute Gasteiger partial charge is 0.241 e. The second-order valence-electron chi connectivity index (χ2n) is 6.04. The average molecular weight is 411 g/mol. The maximum Gasteiger partial charge on any atom is 0.241 e. The van der Waals surface area contributed by atoms with Crippen LogP contribution in [0, 0.1) is 0 Å². The molecule has 9 heteroatoms. The molecule has 3 rings (SSSR count). The molecule has 0 bridgehead atoms. The van der Waals surface area contributed by atoms with Crippen molar-refractivity contribution in [3.63, 3.8) is 0 Å². The first-order valence-corrected chi connectivity index (χ1v) is 10.2. The lowest BCUT2D eigenvalue weighted by Crippen LogP contribution is -2.48. The van der Waals surface area contributed by atoms with Crippen molar-refractivity contribution < 1.29 is 22.7 Å². The first-order chi connectivity index (χ1) is 12.8. The molecule has 0 saturated carbocycles. The van der Waals surface area contributed by atoms with E-state index in [-0.39, 0.29) is 17.5 Å². The number of ether oxygens (including phenoxy) is 2. The number of carbonyl (C=O) groups is 1. The third kappa shape index (κ3) is 4.91. The zero-order valence-electron chi connectivity index (χ0n) is 14.5. The topological polar surface area (TPSA) is 93.7 Å². The predicted octanol–water partition coefficient (Wildman–Crippen LogP) is 1.96. The van der Waals surface area contributed by atoms with Gasteiger partial charge >= 0.3 is 0 Å². The summed E-state index contributed by atoms with van der Waals surface area (Å²) in [6, 6.07) is 12.0. The molecule has 0 saturated heterocycles. The molecule has 1 heterocycles. The van der Waals surface area contributed by atoms with Crippen LogP contribution in [0.4, 0.5) is 0 Å². The number of hydrogen-bond donors (Lipinski definition) is 2. The largest absolute Gasteiger partial charge is 0.486 e. The van der Waals surface area contributed by atoms with Gasteiger partial charge in [0, 0.05) is 5.02 Å². The number of benzene rings is 2. The van der Waals surface area contributed by atoms with Crippen molar-refractivity contribution in [2.75, 3.05) is 13.2 Å². The lowest BCUT2D eigenvalue weighted by atomic mass is 10.2. The fourth-order valence-corrected chi connectivity index (χ4v) is 3.83. The van der Waals surface area contributed by atoms with Crippen LogP contribution in [0.1, 0.15) is 6.92 Å². The van der Waals surface area contributed by atoms with Gasteiger partial charge in [0.1, 0.15) is 12.7 Å². The van der Waals surface area contributed by atoms with E-state index in [1.54, 1.807) is 12.1 Å². The second-order valence-corrected chi connectivity index (χ2v) is 8.19. The van der Waals surface area contributed by atoms with Gasteiger partial charge in [-0.15, -0.1) is 0 Å². The highest BCUT2D eigenvalue weighted by molar-refractivity contribution is 7.89. The lowest BCUT2D eigenvalue weighted by Gasteiger charge is -2.27. The standard InChI is InChI=1S/C18H19ClN2O5S/c1-12(21-27(23,24)15-8-6-13(19)7-9-15)18(22)20-10-14-11-25-16-4-2-3-5-17(16)26-14/h2-9,12,14,21H,10-11H2,1H3,(H,20,22)/t12-,14+/m1/s1. The van der Waals surface area contributed by atoms with Gasteiger partial charge in [-0.1, -0.05) is 23.7 Å². The number of carbonyl (C=O) groups excluding carboxylic acids is 1. The lowest BCUT2D eigenvalue weighted by molar-refractivity contribution is -0.122. The summed E-state index contributed by atoms with van der Waals surface area (Å²) < 4.78 is 38.3. The van der Waals surface area contributed by atoms with E-state index in [1.807, 2.05) is 12.1 Å². The second kappa shape index (κ2) is 8.16. The van der Waals surface area contributed by atoms with Crippen LogP contribution >= 0.6 is 11.6 Å². The van der Waals surface area contributed by atoms with E-state index in [0.29, 0.717) is 23.1 Å². The number of nitrogens with one attached hydrogen (secondary N) is 2. The molecule has 1 aliphatic rings. The number of fused-ring (bicyclic) bond motifs is 1. The van der Waals surface area contributed by atoms with Crippen LogP contribution in [0.2, 0.25) is 5.02 Å². The van der Waals surface area contributed by atoms with Gasteiger partial charge in [-0.2, -0.15) is 4.72 Å². The summed E-state index contributed by atoms with van der Waals surface area (Å²) in [5.41, 5.74) is 0. The number of para-hydroxylation sites is 2. The minimum absolute atomic E-state index is 0.0344. The Morgan fingerprint density at radius 3 is 2.56 bits per heavy atom. The van der Waals surface area contributed by atoms with Gasteiger partial charge in [0.25, 0.3) is 0 Å². The molecule has 0 aliphatic carbocycles. The Morgan fingerprint density at radius 2 is 1.85 bits per heavy atom. The van der Waals surface area contributed by atoms with Crippen molar-refractivity contribution in [3.05, 3.63) is 53.6 Å². The predicted molar refractivity (Wildman–Crippen MR) is 101 cm³/mol. The average Bonchev–Trinajstić information content (AvgIpc) is 2.66. The first kappa shape index (κ1) is 19.5. The van der Waals surface area contributed by atoms with Crippen LogP contribution in [-0.2, 0) is 14.8 Å². The number of hydrogen-bond acceptors (Lipinski definition) is 5. The van der Waals surface area contributed by atoms with Gasteiger partial charge in [-0.25, -0.2) is 8.42 Å². The molecule has 2 atom stereocenters. The molecule has 1 aliphatic heterocycles. The summed E-state index contributed by atoms with van der Waals surface area (Å²) in [6.07, 6.45) is -0.357. The van der Waals surface area contributed by atoms with Crippen LogP contribution in [0.15, 0.2) is 53.4 Å². The van der Waals surface area contributed by atoms with Crippen LogP contribution < -0.4 is 19.5 Å². The molecule has 2 aromatic rings. The van der Waals surface area contributed by atoms with Crippen molar-refractivity contribution in [2.24, 2.45) is 0 Å². The van der Waals surface area contributed by atoms with Gasteiger partial charge in [0.05, 0.1) is 17.5 Å². The van der Waals surface area contributed by atoms with Crippen LogP contribution in [0.25, 0.3) is 0 Å². The zero-order chi connectivity index (χ0) is 19.4. The Labute approximate surface area is 162 Å². The minimum Gasteiger partial charge on any atom is -0.486 e. The Balaban J connectivity index is 1.53. The summed E-state index contributed by atoms with van der Waals surface area (Å²) in [6.45, 7) is 1.96. The Hall–Kier alpha value is -2.29. The van der Waals surface area contributed by atoms with E-state index in [9.17, 15) is 13.2 Å². The summed E-state index contributed by atoms with van der Waals surface area (Å²) in [4.78, 5) is 12.3. The van der Waals surface area contributed by atoms with Crippen molar-refractivity contribution >= 4 is 27.5 Å². The maximum absolute atomic E-state index is 12.3. The van der Waals surface area contributed by atoms with Crippen molar-refractivity contribution in [1.82, 2.24) is 10.0 Å². The van der Waals surface area contributed by atoms with E-state index < -0.39 is 22.0 Å². The molecule has 0 unspecified atom stereocenters. The van der Waals surface area contributed by atoms with Crippen LogP contribution in [0.5, 0.6) is 11.5 Å². The minimum atomic E-state index is -3.83. The Bertz CT molecular complexity index is 918. The van der Waals surface area contributed by atoms with Gasteiger partial charge in [0.2, 0.25) is 15.9 Å². The van der Waals surface area contributed by atoms with E-state index in [1.165, 1.54) is 31.2 Å². The Morgan fingerprint density at radius 1 is 1.19 bits per heavy atom.